The van der Waals surface area contributed by atoms with Crippen LogP contribution in [0.4, 0.5) is 9.59 Å². The Labute approximate surface area is 180 Å². The molecule has 0 aromatic carbocycles. The van der Waals surface area contributed by atoms with Crippen LogP contribution in [0.5, 0.6) is 0 Å². The summed E-state index contributed by atoms with van der Waals surface area (Å²) in [5.41, 5.74) is 0.635. The number of hydrogen-bond acceptors (Lipinski definition) is 6. The van der Waals surface area contributed by atoms with Crippen LogP contribution in [-0.2, 0) is 9.47 Å². The largest absolute Gasteiger partial charge is 0.449 e. The minimum Gasteiger partial charge on any atom is -0.449 e. The Morgan fingerprint density at radius 2 is 1.80 bits per heavy atom. The molecule has 3 heterocycles. The lowest BCUT2D eigenvalue weighted by Crippen LogP contribution is -2.53. The van der Waals surface area contributed by atoms with E-state index in [4.69, 9.17) is 21.1 Å². The van der Waals surface area contributed by atoms with Gasteiger partial charge in [0.2, 0.25) is 0 Å². The number of fused-ring (bicyclic) bond motifs is 1. The first kappa shape index (κ1) is 22.1. The van der Waals surface area contributed by atoms with Gasteiger partial charge in [-0.3, -0.25) is 9.30 Å². The molecule has 30 heavy (non-hydrogen) atoms. The van der Waals surface area contributed by atoms with Crippen LogP contribution in [0.2, 0.25) is 5.15 Å². The van der Waals surface area contributed by atoms with Crippen molar-refractivity contribution in [1.82, 2.24) is 24.2 Å². The van der Waals surface area contributed by atoms with E-state index in [9.17, 15) is 9.59 Å². The standard InChI is InChI=1S/C20H28ClN5O4/c1-3-5-11-29-19(27)24-9-10-26(20(28)30-12-6-4-2)16(14-24)18-23-13-15-17(21)22-7-8-25(15)18/h7-8,13,16H,3-6,9-12,14H2,1-2H3. The van der Waals surface area contributed by atoms with Gasteiger partial charge in [-0.25, -0.2) is 19.6 Å². The third kappa shape index (κ3) is 4.95. The first-order valence-corrected chi connectivity index (χ1v) is 10.8. The molecule has 1 fully saturated rings. The number of ether oxygens (including phenoxy) is 2. The quantitative estimate of drug-likeness (QED) is 0.610. The summed E-state index contributed by atoms with van der Waals surface area (Å²) in [6.45, 7) is 5.77. The molecule has 2 aromatic heterocycles. The summed E-state index contributed by atoms with van der Waals surface area (Å²) in [6, 6.07) is -0.493. The number of carbonyl (C=O) groups is 2. The lowest BCUT2D eigenvalue weighted by molar-refractivity contribution is 0.0334. The smallest absolute Gasteiger partial charge is 0.410 e. The fraction of sp³-hybridized carbons (Fsp3) is 0.600. The molecule has 0 saturated carbocycles. The van der Waals surface area contributed by atoms with E-state index in [1.54, 1.807) is 32.8 Å². The molecule has 2 aromatic rings. The van der Waals surface area contributed by atoms with Crippen molar-refractivity contribution in [2.45, 2.75) is 45.6 Å². The normalized spacial score (nSPS) is 16.7. The Kier molecular flexibility index (Phi) is 7.73. The van der Waals surface area contributed by atoms with E-state index < -0.39 is 12.1 Å². The second-order valence-corrected chi connectivity index (χ2v) is 7.54. The molecule has 2 amide bonds. The number of aromatic nitrogens is 3. The summed E-state index contributed by atoms with van der Waals surface area (Å²) in [7, 11) is 0. The van der Waals surface area contributed by atoms with Crippen molar-refractivity contribution in [3.8, 4) is 0 Å². The lowest BCUT2D eigenvalue weighted by Gasteiger charge is -2.39. The zero-order valence-electron chi connectivity index (χ0n) is 17.4. The van der Waals surface area contributed by atoms with E-state index in [0.29, 0.717) is 42.8 Å². The van der Waals surface area contributed by atoms with Crippen LogP contribution in [0.3, 0.4) is 0 Å². The van der Waals surface area contributed by atoms with E-state index in [2.05, 4.69) is 9.97 Å². The fourth-order valence-electron chi connectivity index (χ4n) is 3.33. The van der Waals surface area contributed by atoms with Gasteiger partial charge in [-0.1, -0.05) is 38.3 Å². The summed E-state index contributed by atoms with van der Waals surface area (Å²) in [5.74, 6) is 0.591. The van der Waals surface area contributed by atoms with Crippen molar-refractivity contribution >= 4 is 29.3 Å². The monoisotopic (exact) mass is 437 g/mol. The predicted molar refractivity (Wildman–Crippen MR) is 112 cm³/mol. The summed E-state index contributed by atoms with van der Waals surface area (Å²) < 4.78 is 12.6. The summed E-state index contributed by atoms with van der Waals surface area (Å²) in [6.07, 6.45) is 7.63. The number of halogens is 1. The number of nitrogens with zero attached hydrogens (tertiary/aromatic N) is 5. The maximum atomic E-state index is 12.8. The highest BCUT2D eigenvalue weighted by molar-refractivity contribution is 6.32. The Balaban J connectivity index is 1.84. The van der Waals surface area contributed by atoms with Gasteiger partial charge < -0.3 is 14.4 Å². The van der Waals surface area contributed by atoms with Crippen LogP contribution in [-0.4, -0.2) is 69.2 Å². The van der Waals surface area contributed by atoms with Crippen LogP contribution < -0.4 is 0 Å². The van der Waals surface area contributed by atoms with Crippen molar-refractivity contribution in [3.63, 3.8) is 0 Å². The molecular formula is C20H28ClN5O4. The summed E-state index contributed by atoms with van der Waals surface area (Å²) in [5, 5.41) is 0.319. The molecular weight excluding hydrogens is 410 g/mol. The lowest BCUT2D eigenvalue weighted by atomic mass is 10.1. The molecule has 9 nitrogen and oxygen atoms in total. The van der Waals surface area contributed by atoms with Gasteiger partial charge in [0, 0.05) is 25.5 Å². The Morgan fingerprint density at radius 3 is 2.50 bits per heavy atom. The van der Waals surface area contributed by atoms with E-state index in [0.717, 1.165) is 25.7 Å². The van der Waals surface area contributed by atoms with Gasteiger partial charge in [0.1, 0.15) is 17.4 Å². The molecule has 1 atom stereocenters. The highest BCUT2D eigenvalue weighted by atomic mass is 35.5. The average molecular weight is 438 g/mol. The van der Waals surface area contributed by atoms with E-state index >= 15 is 0 Å². The number of piperazine rings is 1. The van der Waals surface area contributed by atoms with Crippen LogP contribution in [0.1, 0.15) is 51.4 Å². The van der Waals surface area contributed by atoms with Crippen molar-refractivity contribution in [3.05, 3.63) is 29.6 Å². The molecule has 0 bridgehead atoms. The topological polar surface area (TPSA) is 89.3 Å². The molecule has 1 unspecified atom stereocenters. The molecule has 0 spiro atoms. The number of rotatable bonds is 7. The Morgan fingerprint density at radius 1 is 1.10 bits per heavy atom. The first-order valence-electron chi connectivity index (χ1n) is 10.4. The number of amides is 2. The molecule has 1 aliphatic rings. The second kappa shape index (κ2) is 10.5. The van der Waals surface area contributed by atoms with E-state index in [1.165, 1.54) is 0 Å². The molecule has 3 rings (SSSR count). The van der Waals surface area contributed by atoms with Crippen molar-refractivity contribution in [2.24, 2.45) is 0 Å². The SMILES string of the molecule is CCCCOC(=O)N1CCN(C(=O)OCCCC)C(c2ncc3c(Cl)nccn23)C1. The molecule has 164 valence electrons. The van der Waals surface area contributed by atoms with Gasteiger partial charge in [-0.2, -0.15) is 0 Å². The van der Waals surface area contributed by atoms with Gasteiger partial charge in [0.25, 0.3) is 0 Å². The molecule has 10 heteroatoms. The fourth-order valence-corrected chi connectivity index (χ4v) is 3.53. The van der Waals surface area contributed by atoms with Crippen LogP contribution in [0, 0.1) is 0 Å². The third-order valence-corrected chi connectivity index (χ3v) is 5.35. The van der Waals surface area contributed by atoms with Crippen LogP contribution >= 0.6 is 11.6 Å². The third-order valence-electron chi connectivity index (χ3n) is 5.06. The van der Waals surface area contributed by atoms with E-state index in [-0.39, 0.29) is 12.6 Å². The molecule has 1 saturated heterocycles. The van der Waals surface area contributed by atoms with Gasteiger partial charge in [-0.05, 0) is 12.8 Å². The number of unbranched alkanes of at least 4 members (excludes halogenated alkanes) is 2. The highest BCUT2D eigenvalue weighted by Crippen LogP contribution is 2.28. The number of carbonyl (C=O) groups excluding carboxylic acids is 2. The average Bonchev–Trinajstić information content (AvgIpc) is 3.19. The number of imidazole rings is 1. The Hall–Kier alpha value is -2.55. The van der Waals surface area contributed by atoms with Crippen molar-refractivity contribution < 1.29 is 19.1 Å². The van der Waals surface area contributed by atoms with Gasteiger partial charge in [-0.15, -0.1) is 0 Å². The van der Waals surface area contributed by atoms with Gasteiger partial charge in [0.05, 0.1) is 26.0 Å². The zero-order valence-corrected chi connectivity index (χ0v) is 18.2. The number of hydrogen-bond donors (Lipinski definition) is 0. The van der Waals surface area contributed by atoms with Crippen LogP contribution in [0.15, 0.2) is 18.6 Å². The van der Waals surface area contributed by atoms with Gasteiger partial charge >= 0.3 is 12.2 Å². The maximum Gasteiger partial charge on any atom is 0.410 e. The molecule has 0 radical (unpaired) electrons. The summed E-state index contributed by atoms with van der Waals surface area (Å²) >= 11 is 6.18. The van der Waals surface area contributed by atoms with Crippen molar-refractivity contribution in [2.75, 3.05) is 32.8 Å². The highest BCUT2D eigenvalue weighted by Gasteiger charge is 2.37. The van der Waals surface area contributed by atoms with E-state index in [1.807, 2.05) is 13.8 Å². The maximum absolute atomic E-state index is 12.8. The minimum atomic E-state index is -0.493. The second-order valence-electron chi connectivity index (χ2n) is 7.18. The molecule has 1 aliphatic heterocycles. The zero-order chi connectivity index (χ0) is 21.5. The predicted octanol–water partition coefficient (Wildman–Crippen LogP) is 3.91. The van der Waals surface area contributed by atoms with Crippen LogP contribution in [0.25, 0.3) is 5.52 Å². The summed E-state index contributed by atoms with van der Waals surface area (Å²) in [4.78, 5) is 37.1. The molecule has 0 aliphatic carbocycles. The minimum absolute atomic E-state index is 0.257. The molecule has 0 N–H and O–H groups in total. The van der Waals surface area contributed by atoms with Gasteiger partial charge in [0.15, 0.2) is 5.15 Å². The van der Waals surface area contributed by atoms with Crippen molar-refractivity contribution in [1.29, 1.82) is 0 Å². The first-order chi connectivity index (χ1) is 14.6. The Bertz CT molecular complexity index is 874.